The average molecular weight is 429 g/mol. The third kappa shape index (κ3) is 5.67. The molecule has 1 saturated carbocycles. The first-order valence-electron chi connectivity index (χ1n) is 10.0. The van der Waals surface area contributed by atoms with E-state index in [-0.39, 0.29) is 12.7 Å². The highest BCUT2D eigenvalue weighted by molar-refractivity contribution is 7.89. The van der Waals surface area contributed by atoms with E-state index in [0.717, 1.165) is 25.7 Å². The first-order chi connectivity index (χ1) is 13.9. The molecular weight excluding hydrogens is 399 g/mol. The highest BCUT2D eigenvalue weighted by Crippen LogP contribution is 2.34. The number of likely N-dealkylation sites (tertiary alicyclic amines) is 1. The van der Waals surface area contributed by atoms with E-state index in [2.05, 4.69) is 29.0 Å². The van der Waals surface area contributed by atoms with Crippen LogP contribution in [0.15, 0.2) is 30.3 Å². The number of benzene rings is 1. The van der Waals surface area contributed by atoms with Crippen LogP contribution in [0.25, 0.3) is 0 Å². The van der Waals surface area contributed by atoms with E-state index in [9.17, 15) is 17.6 Å². The van der Waals surface area contributed by atoms with E-state index in [1.165, 1.54) is 17.6 Å². The summed E-state index contributed by atoms with van der Waals surface area (Å²) in [4.78, 5) is 13.5. The van der Waals surface area contributed by atoms with Crippen LogP contribution < -0.4 is 4.72 Å². The lowest BCUT2D eigenvalue weighted by atomic mass is 9.83. The SMILES string of the molecule is COC(=O)N1CCC(NS(=O)(=O)CF)[C@@H]1COC1CCC(c2ccccc2)CC1. The van der Waals surface area contributed by atoms with E-state index in [0.29, 0.717) is 18.9 Å². The van der Waals surface area contributed by atoms with Gasteiger partial charge in [0.15, 0.2) is 0 Å². The number of rotatable bonds is 7. The zero-order chi connectivity index (χ0) is 20.9. The molecule has 1 saturated heterocycles. The Labute approximate surface area is 171 Å². The second-order valence-corrected chi connectivity index (χ2v) is 9.37. The normalized spacial score (nSPS) is 27.7. The summed E-state index contributed by atoms with van der Waals surface area (Å²) in [5, 5.41) is 0. The van der Waals surface area contributed by atoms with E-state index in [1.807, 2.05) is 6.07 Å². The van der Waals surface area contributed by atoms with Crippen molar-refractivity contribution in [2.24, 2.45) is 0 Å². The average Bonchev–Trinajstić information content (AvgIpc) is 3.14. The molecule has 0 aromatic heterocycles. The Kier molecular flexibility index (Phi) is 7.48. The molecule has 1 aromatic rings. The van der Waals surface area contributed by atoms with Crippen molar-refractivity contribution in [2.45, 2.75) is 56.2 Å². The van der Waals surface area contributed by atoms with Crippen LogP contribution in [0.2, 0.25) is 0 Å². The number of sulfonamides is 1. The van der Waals surface area contributed by atoms with Crippen LogP contribution in [0.1, 0.15) is 43.6 Å². The van der Waals surface area contributed by atoms with Crippen LogP contribution in [0.5, 0.6) is 0 Å². The van der Waals surface area contributed by atoms with E-state index in [1.54, 1.807) is 0 Å². The Morgan fingerprint density at radius 2 is 1.86 bits per heavy atom. The van der Waals surface area contributed by atoms with Crippen molar-refractivity contribution in [2.75, 3.05) is 26.3 Å². The molecule has 2 fully saturated rings. The summed E-state index contributed by atoms with van der Waals surface area (Å²) in [6.07, 6.45) is 3.79. The lowest BCUT2D eigenvalue weighted by Crippen LogP contribution is -2.49. The number of methoxy groups -OCH3 is 1. The molecule has 2 aliphatic rings. The fourth-order valence-corrected chi connectivity index (χ4v) is 5.13. The standard InChI is InChI=1S/C20H29FN2O5S/c1-27-20(24)23-12-11-18(22-29(25,26)14-21)19(23)13-28-17-9-7-16(8-10-17)15-5-3-2-4-6-15/h2-6,16-19,22H,7-14H2,1H3/t16?,17?,18?,19-/m0/s1. The highest BCUT2D eigenvalue weighted by Gasteiger charge is 2.40. The fourth-order valence-electron chi connectivity index (χ4n) is 4.33. The van der Waals surface area contributed by atoms with Crippen molar-refractivity contribution in [3.05, 3.63) is 35.9 Å². The van der Waals surface area contributed by atoms with Crippen molar-refractivity contribution in [3.63, 3.8) is 0 Å². The van der Waals surface area contributed by atoms with E-state index in [4.69, 9.17) is 9.47 Å². The molecule has 2 atom stereocenters. The predicted molar refractivity (Wildman–Crippen MR) is 107 cm³/mol. The van der Waals surface area contributed by atoms with Crippen LogP contribution in [0, 0.1) is 0 Å². The predicted octanol–water partition coefficient (Wildman–Crippen LogP) is 2.79. The molecule has 1 amide bonds. The Morgan fingerprint density at radius 3 is 2.48 bits per heavy atom. The number of carbonyl (C=O) groups is 1. The summed E-state index contributed by atoms with van der Waals surface area (Å²) in [6, 6.07) is 7.83. The van der Waals surface area contributed by atoms with Gasteiger partial charge in [0.1, 0.15) is 0 Å². The van der Waals surface area contributed by atoms with Gasteiger partial charge in [0.25, 0.3) is 0 Å². The van der Waals surface area contributed by atoms with Gasteiger partial charge in [0, 0.05) is 12.6 Å². The van der Waals surface area contributed by atoms with Gasteiger partial charge in [-0.25, -0.2) is 22.3 Å². The van der Waals surface area contributed by atoms with Gasteiger partial charge in [-0.2, -0.15) is 0 Å². The number of ether oxygens (including phenoxy) is 2. The van der Waals surface area contributed by atoms with Crippen LogP contribution >= 0.6 is 0 Å². The molecule has 0 radical (unpaired) electrons. The summed E-state index contributed by atoms with van der Waals surface area (Å²) < 4.78 is 49.3. The summed E-state index contributed by atoms with van der Waals surface area (Å²) >= 11 is 0. The second kappa shape index (κ2) is 9.86. The first-order valence-corrected chi connectivity index (χ1v) is 11.7. The number of alkyl halides is 1. The number of hydrogen-bond donors (Lipinski definition) is 1. The number of nitrogens with one attached hydrogen (secondary N) is 1. The van der Waals surface area contributed by atoms with E-state index >= 15 is 0 Å². The molecule has 0 spiro atoms. The fraction of sp³-hybridized carbons (Fsp3) is 0.650. The monoisotopic (exact) mass is 428 g/mol. The van der Waals surface area contributed by atoms with Crippen molar-refractivity contribution in [3.8, 4) is 0 Å². The minimum absolute atomic E-state index is 0.0634. The van der Waals surface area contributed by atoms with Gasteiger partial charge in [0.2, 0.25) is 16.0 Å². The maximum absolute atomic E-state index is 12.7. The maximum atomic E-state index is 12.7. The van der Waals surface area contributed by atoms with Gasteiger partial charge in [-0.1, -0.05) is 30.3 Å². The van der Waals surface area contributed by atoms with Gasteiger partial charge in [-0.05, 0) is 43.6 Å². The van der Waals surface area contributed by atoms with Gasteiger partial charge >= 0.3 is 6.09 Å². The largest absolute Gasteiger partial charge is 0.453 e. The molecule has 1 heterocycles. The summed E-state index contributed by atoms with van der Waals surface area (Å²) in [6.45, 7) is 0.524. The smallest absolute Gasteiger partial charge is 0.409 e. The molecular formula is C20H29FN2O5S. The molecule has 7 nitrogen and oxygen atoms in total. The zero-order valence-electron chi connectivity index (χ0n) is 16.6. The molecule has 1 aromatic carbocycles. The van der Waals surface area contributed by atoms with E-state index < -0.39 is 34.2 Å². The molecule has 1 aliphatic heterocycles. The van der Waals surface area contributed by atoms with Gasteiger partial charge < -0.3 is 14.4 Å². The number of carbonyl (C=O) groups excluding carboxylic acids is 1. The quantitative estimate of drug-likeness (QED) is 0.722. The third-order valence-electron chi connectivity index (χ3n) is 5.88. The number of nitrogens with zero attached hydrogens (tertiary/aromatic N) is 1. The molecule has 9 heteroatoms. The van der Waals surface area contributed by atoms with Crippen LogP contribution in [-0.4, -0.2) is 63.9 Å². The maximum Gasteiger partial charge on any atom is 0.409 e. The topological polar surface area (TPSA) is 84.9 Å². The Balaban J connectivity index is 1.56. The number of amides is 1. The lowest BCUT2D eigenvalue weighted by Gasteiger charge is -2.32. The van der Waals surface area contributed by atoms with Crippen LogP contribution in [0.3, 0.4) is 0 Å². The molecule has 29 heavy (non-hydrogen) atoms. The van der Waals surface area contributed by atoms with Crippen molar-refractivity contribution < 1.29 is 27.1 Å². The number of halogens is 1. The molecule has 0 bridgehead atoms. The summed E-state index contributed by atoms with van der Waals surface area (Å²) in [5.41, 5.74) is 1.35. The number of hydrogen-bond acceptors (Lipinski definition) is 5. The summed E-state index contributed by atoms with van der Waals surface area (Å²) in [7, 11) is -2.74. The lowest BCUT2D eigenvalue weighted by molar-refractivity contribution is -0.00536. The minimum Gasteiger partial charge on any atom is -0.453 e. The van der Waals surface area contributed by atoms with Gasteiger partial charge in [-0.15, -0.1) is 0 Å². The Bertz CT molecular complexity index is 768. The van der Waals surface area contributed by atoms with Crippen molar-refractivity contribution >= 4 is 16.1 Å². The molecule has 1 N–H and O–H groups in total. The second-order valence-electron chi connectivity index (χ2n) is 7.69. The summed E-state index contributed by atoms with van der Waals surface area (Å²) in [5.74, 6) is 0.526. The van der Waals surface area contributed by atoms with Crippen LogP contribution in [-0.2, 0) is 19.5 Å². The Hall–Kier alpha value is -1.71. The highest BCUT2D eigenvalue weighted by atomic mass is 32.2. The minimum atomic E-state index is -4.02. The van der Waals surface area contributed by atoms with Gasteiger partial charge in [-0.3, -0.25) is 0 Å². The first kappa shape index (κ1) is 22.0. The Morgan fingerprint density at radius 1 is 1.17 bits per heavy atom. The third-order valence-corrected chi connectivity index (χ3v) is 6.83. The molecule has 1 unspecified atom stereocenters. The van der Waals surface area contributed by atoms with Crippen LogP contribution in [0.4, 0.5) is 9.18 Å². The zero-order valence-corrected chi connectivity index (χ0v) is 17.4. The molecule has 1 aliphatic carbocycles. The van der Waals surface area contributed by atoms with Crippen molar-refractivity contribution in [1.82, 2.24) is 9.62 Å². The molecule has 162 valence electrons. The van der Waals surface area contributed by atoms with Gasteiger partial charge in [0.05, 0.1) is 25.9 Å². The van der Waals surface area contributed by atoms with Crippen molar-refractivity contribution in [1.29, 1.82) is 0 Å². The molecule has 3 rings (SSSR count).